The van der Waals surface area contributed by atoms with Crippen LogP contribution in [0.5, 0.6) is 5.75 Å². The van der Waals surface area contributed by atoms with Crippen LogP contribution in [-0.2, 0) is 11.3 Å². The van der Waals surface area contributed by atoms with Crippen molar-refractivity contribution < 1.29 is 27.0 Å². The van der Waals surface area contributed by atoms with Crippen molar-refractivity contribution in [1.82, 2.24) is 5.32 Å². The number of nitrogens with zero attached hydrogens (tertiary/aromatic N) is 1. The van der Waals surface area contributed by atoms with E-state index in [1.807, 2.05) is 0 Å². The summed E-state index contributed by atoms with van der Waals surface area (Å²) in [6, 6.07) is 7.14. The Morgan fingerprint density at radius 2 is 1.75 bits per heavy atom. The summed E-state index contributed by atoms with van der Waals surface area (Å²) in [4.78, 5) is 3.92. The van der Waals surface area contributed by atoms with Gasteiger partial charge in [-0.1, -0.05) is 6.07 Å². The molecule has 0 unspecified atom stereocenters. The van der Waals surface area contributed by atoms with E-state index in [-0.39, 0.29) is 12.0 Å². The number of ether oxygens (including phenoxy) is 2. The fourth-order valence-corrected chi connectivity index (χ4v) is 2.32. The highest BCUT2D eigenvalue weighted by atomic mass is 19.2. The second kappa shape index (κ2) is 10.5. The fraction of sp³-hybridized carbons (Fsp3) is 0.316. The summed E-state index contributed by atoms with van der Waals surface area (Å²) in [5.74, 6) is -5.06. The van der Waals surface area contributed by atoms with Crippen LogP contribution in [-0.4, -0.2) is 33.3 Å². The monoisotopic (exact) mass is 399 g/mol. The lowest BCUT2D eigenvalue weighted by atomic mass is 10.2. The molecule has 0 bridgehead atoms. The van der Waals surface area contributed by atoms with Gasteiger partial charge in [-0.25, -0.2) is 17.6 Å². The zero-order valence-electron chi connectivity index (χ0n) is 15.5. The zero-order chi connectivity index (χ0) is 20.5. The average Bonchev–Trinajstić information content (AvgIpc) is 2.69. The molecule has 0 atom stereocenters. The molecule has 0 fully saturated rings. The number of rotatable bonds is 8. The molecular weight excluding hydrogens is 378 g/mol. The second-order valence-electron chi connectivity index (χ2n) is 5.72. The number of methoxy groups -OCH3 is 1. The summed E-state index contributed by atoms with van der Waals surface area (Å²) in [5.41, 5.74) is -0.153. The first-order valence-corrected chi connectivity index (χ1v) is 8.47. The molecule has 2 rings (SSSR count). The molecule has 0 heterocycles. The first kappa shape index (κ1) is 21.5. The number of nitrogens with one attached hydrogen (secondary N) is 2. The maximum atomic E-state index is 13.7. The van der Waals surface area contributed by atoms with E-state index in [1.165, 1.54) is 7.05 Å². The molecule has 0 aliphatic rings. The van der Waals surface area contributed by atoms with E-state index in [1.54, 1.807) is 31.4 Å². The van der Waals surface area contributed by atoms with E-state index in [2.05, 4.69) is 15.6 Å². The van der Waals surface area contributed by atoms with Crippen molar-refractivity contribution in [3.05, 3.63) is 59.2 Å². The molecule has 5 nitrogen and oxygen atoms in total. The highest BCUT2D eigenvalue weighted by molar-refractivity contribution is 5.93. The summed E-state index contributed by atoms with van der Waals surface area (Å²) in [5, 5.41) is 5.53. The first-order chi connectivity index (χ1) is 13.5. The van der Waals surface area contributed by atoms with Gasteiger partial charge < -0.3 is 20.1 Å². The van der Waals surface area contributed by atoms with Gasteiger partial charge in [0.2, 0.25) is 0 Å². The SMILES string of the molecule is CN=C(NCc1c(F)c(F)cc(F)c1F)Nc1cccc(OCCCOC)c1. The topological polar surface area (TPSA) is 54.9 Å². The Labute approximate surface area is 160 Å². The molecule has 28 heavy (non-hydrogen) atoms. The van der Waals surface area contributed by atoms with Gasteiger partial charge in [0.05, 0.1) is 6.61 Å². The van der Waals surface area contributed by atoms with Crippen molar-refractivity contribution in [1.29, 1.82) is 0 Å². The van der Waals surface area contributed by atoms with E-state index in [0.29, 0.717) is 24.7 Å². The van der Waals surface area contributed by atoms with Gasteiger partial charge in [0.15, 0.2) is 29.2 Å². The van der Waals surface area contributed by atoms with Crippen LogP contribution in [0.25, 0.3) is 0 Å². The second-order valence-corrected chi connectivity index (χ2v) is 5.72. The highest BCUT2D eigenvalue weighted by Gasteiger charge is 2.19. The summed E-state index contributed by atoms with van der Waals surface area (Å²) >= 11 is 0. The number of hydrogen-bond donors (Lipinski definition) is 2. The minimum absolute atomic E-state index is 0.153. The minimum Gasteiger partial charge on any atom is -0.493 e. The van der Waals surface area contributed by atoms with Crippen molar-refractivity contribution in [3.8, 4) is 5.75 Å². The molecule has 2 N–H and O–H groups in total. The number of benzene rings is 2. The van der Waals surface area contributed by atoms with Crippen LogP contribution >= 0.6 is 0 Å². The molecule has 0 amide bonds. The van der Waals surface area contributed by atoms with Crippen LogP contribution in [0.4, 0.5) is 23.2 Å². The van der Waals surface area contributed by atoms with Crippen LogP contribution < -0.4 is 15.4 Å². The minimum atomic E-state index is -1.46. The van der Waals surface area contributed by atoms with Gasteiger partial charge in [-0.15, -0.1) is 0 Å². The third kappa shape index (κ3) is 5.85. The molecule has 2 aromatic carbocycles. The zero-order valence-corrected chi connectivity index (χ0v) is 15.5. The number of aliphatic imine (C=N–C) groups is 1. The van der Waals surface area contributed by atoms with E-state index in [0.717, 1.165) is 6.42 Å². The van der Waals surface area contributed by atoms with Gasteiger partial charge in [-0.05, 0) is 12.1 Å². The van der Waals surface area contributed by atoms with Gasteiger partial charge in [0.1, 0.15) is 5.75 Å². The van der Waals surface area contributed by atoms with Crippen LogP contribution in [0.1, 0.15) is 12.0 Å². The normalized spacial score (nSPS) is 11.4. The molecular formula is C19H21F4N3O2. The Bertz CT molecular complexity index is 805. The van der Waals surface area contributed by atoms with Crippen LogP contribution in [0.2, 0.25) is 0 Å². The van der Waals surface area contributed by atoms with Crippen LogP contribution in [0.15, 0.2) is 35.3 Å². The van der Waals surface area contributed by atoms with Crippen molar-refractivity contribution in [2.24, 2.45) is 4.99 Å². The van der Waals surface area contributed by atoms with E-state index >= 15 is 0 Å². The van der Waals surface area contributed by atoms with Gasteiger partial charge in [-0.2, -0.15) is 0 Å². The van der Waals surface area contributed by atoms with Gasteiger partial charge in [0, 0.05) is 57.1 Å². The van der Waals surface area contributed by atoms with Crippen molar-refractivity contribution in [2.45, 2.75) is 13.0 Å². The summed E-state index contributed by atoms with van der Waals surface area (Å²) in [6.07, 6.45) is 0.735. The maximum absolute atomic E-state index is 13.7. The third-order valence-electron chi connectivity index (χ3n) is 3.72. The summed E-state index contributed by atoms with van der Waals surface area (Å²) < 4.78 is 64.6. The molecule has 0 aromatic heterocycles. The van der Waals surface area contributed by atoms with Crippen molar-refractivity contribution in [2.75, 3.05) is 32.7 Å². The van der Waals surface area contributed by atoms with Crippen LogP contribution in [0, 0.1) is 23.3 Å². The predicted molar refractivity (Wildman–Crippen MR) is 98.5 cm³/mol. The standard InChI is InChI=1S/C19H21F4N3O2/c1-24-19(25-11-14-17(22)15(20)10-16(21)18(14)23)26-12-5-3-6-13(9-12)28-8-4-7-27-2/h3,5-6,9-10H,4,7-8,11H2,1-2H3,(H2,24,25,26). The smallest absolute Gasteiger partial charge is 0.195 e. The number of hydrogen-bond acceptors (Lipinski definition) is 3. The molecule has 0 aliphatic heterocycles. The lowest BCUT2D eigenvalue weighted by Gasteiger charge is -2.14. The van der Waals surface area contributed by atoms with Gasteiger partial charge in [0.25, 0.3) is 0 Å². The molecule has 0 saturated carbocycles. The molecule has 0 aliphatic carbocycles. The Balaban J connectivity index is 2.00. The predicted octanol–water partition coefficient (Wildman–Crippen LogP) is 3.85. The van der Waals surface area contributed by atoms with Crippen molar-refractivity contribution in [3.63, 3.8) is 0 Å². The average molecular weight is 399 g/mol. The molecule has 152 valence electrons. The lowest BCUT2D eigenvalue weighted by Crippen LogP contribution is -2.31. The quantitative estimate of drug-likeness (QED) is 0.233. The molecule has 0 radical (unpaired) electrons. The van der Waals surface area contributed by atoms with Crippen LogP contribution in [0.3, 0.4) is 0 Å². The third-order valence-corrected chi connectivity index (χ3v) is 3.72. The van der Waals surface area contributed by atoms with Gasteiger partial charge >= 0.3 is 0 Å². The van der Waals surface area contributed by atoms with E-state index < -0.39 is 35.4 Å². The van der Waals surface area contributed by atoms with E-state index in [4.69, 9.17) is 9.47 Å². The molecule has 0 saturated heterocycles. The highest BCUT2D eigenvalue weighted by Crippen LogP contribution is 2.20. The first-order valence-electron chi connectivity index (χ1n) is 8.47. The number of guanidine groups is 1. The van der Waals surface area contributed by atoms with Gasteiger partial charge in [-0.3, -0.25) is 4.99 Å². The summed E-state index contributed by atoms with van der Waals surface area (Å²) in [6.45, 7) is 0.565. The largest absolute Gasteiger partial charge is 0.493 e. The number of anilines is 1. The fourth-order valence-electron chi connectivity index (χ4n) is 2.32. The maximum Gasteiger partial charge on any atom is 0.195 e. The van der Waals surface area contributed by atoms with E-state index in [9.17, 15) is 17.6 Å². The number of halogens is 4. The molecule has 0 spiro atoms. The molecule has 9 heteroatoms. The Morgan fingerprint density at radius 3 is 2.39 bits per heavy atom. The molecule has 2 aromatic rings. The Morgan fingerprint density at radius 1 is 1.04 bits per heavy atom. The lowest BCUT2D eigenvalue weighted by molar-refractivity contribution is 0.172. The van der Waals surface area contributed by atoms with Crippen molar-refractivity contribution >= 4 is 11.6 Å². The summed E-state index contributed by atoms with van der Waals surface area (Å²) in [7, 11) is 3.05. The Hall–Kier alpha value is -2.81. The Kier molecular flexibility index (Phi) is 8.06.